The molecule has 9 heteroatoms. The van der Waals surface area contributed by atoms with Gasteiger partial charge in [0.15, 0.2) is 0 Å². The molecule has 0 aromatic heterocycles. The second-order valence-corrected chi connectivity index (χ2v) is 7.75. The average molecular weight is 399 g/mol. The zero-order chi connectivity index (χ0) is 20.5. The van der Waals surface area contributed by atoms with Crippen LogP contribution < -0.4 is 11.1 Å². The largest absolute Gasteiger partial charge is 0.339 e. The van der Waals surface area contributed by atoms with Crippen molar-refractivity contribution in [3.8, 4) is 0 Å². The minimum atomic E-state index is -0.593. The van der Waals surface area contributed by atoms with Gasteiger partial charge in [-0.15, -0.1) is 0 Å². The van der Waals surface area contributed by atoms with Gasteiger partial charge in [0.1, 0.15) is 6.04 Å². The van der Waals surface area contributed by atoms with E-state index in [-0.39, 0.29) is 30.7 Å². The number of nitrogens with one attached hydrogen (secondary N) is 1. The maximum Gasteiger partial charge on any atom is 0.255 e. The number of carbonyl (C=O) groups is 4. The first-order valence-electron chi connectivity index (χ1n) is 9.93. The van der Waals surface area contributed by atoms with Crippen LogP contribution in [0.25, 0.3) is 0 Å². The Morgan fingerprint density at radius 3 is 2.59 bits per heavy atom. The van der Waals surface area contributed by atoms with E-state index in [4.69, 9.17) is 5.73 Å². The van der Waals surface area contributed by atoms with Gasteiger partial charge in [0, 0.05) is 51.3 Å². The summed E-state index contributed by atoms with van der Waals surface area (Å²) in [5.74, 6) is -0.866. The number of hydrogen-bond donors (Lipinski definition) is 2. The molecule has 2 fully saturated rings. The van der Waals surface area contributed by atoms with Crippen molar-refractivity contribution in [3.63, 3.8) is 0 Å². The summed E-state index contributed by atoms with van der Waals surface area (Å²) in [6, 6.07) is 5.27. The number of piperazine rings is 1. The predicted molar refractivity (Wildman–Crippen MR) is 103 cm³/mol. The van der Waals surface area contributed by atoms with Crippen LogP contribution in [0.15, 0.2) is 18.2 Å². The first-order valence-corrected chi connectivity index (χ1v) is 9.93. The molecule has 4 rings (SSSR count). The summed E-state index contributed by atoms with van der Waals surface area (Å²) < 4.78 is 0. The van der Waals surface area contributed by atoms with Gasteiger partial charge in [-0.1, -0.05) is 12.1 Å². The molecule has 29 heavy (non-hydrogen) atoms. The summed E-state index contributed by atoms with van der Waals surface area (Å²) in [7, 11) is 0. The lowest BCUT2D eigenvalue weighted by molar-refractivity contribution is -0.137. The van der Waals surface area contributed by atoms with Crippen molar-refractivity contribution in [1.29, 1.82) is 0 Å². The molecule has 3 aliphatic heterocycles. The summed E-state index contributed by atoms with van der Waals surface area (Å²) in [6.45, 7) is 3.96. The van der Waals surface area contributed by atoms with Gasteiger partial charge in [-0.3, -0.25) is 29.4 Å². The quantitative estimate of drug-likeness (QED) is 0.631. The fraction of sp³-hybridized carbons (Fsp3) is 0.500. The van der Waals surface area contributed by atoms with Gasteiger partial charge in [-0.2, -0.15) is 0 Å². The van der Waals surface area contributed by atoms with E-state index in [1.165, 1.54) is 0 Å². The molecule has 1 aromatic carbocycles. The van der Waals surface area contributed by atoms with Crippen LogP contribution in [0.5, 0.6) is 0 Å². The standard InChI is InChI=1S/C20H25N5O4/c21-10-18(27)24-7-5-23(6-8-24)11-13-1-2-14-12-25(20(29)15(14)9-13)16-3-4-17(26)22-19(16)28/h1-2,9,16H,3-8,10-12,21H2,(H,22,26,28). The van der Waals surface area contributed by atoms with Gasteiger partial charge in [-0.25, -0.2) is 0 Å². The van der Waals surface area contributed by atoms with Gasteiger partial charge in [-0.05, 0) is 23.6 Å². The Bertz CT molecular complexity index is 862. The number of rotatable bonds is 4. The minimum Gasteiger partial charge on any atom is -0.339 e. The second-order valence-electron chi connectivity index (χ2n) is 7.75. The van der Waals surface area contributed by atoms with Crippen LogP contribution in [0.1, 0.15) is 34.3 Å². The van der Waals surface area contributed by atoms with E-state index in [9.17, 15) is 19.2 Å². The van der Waals surface area contributed by atoms with E-state index in [0.717, 1.165) is 24.2 Å². The molecule has 1 aromatic rings. The number of benzene rings is 1. The Morgan fingerprint density at radius 1 is 1.14 bits per heavy atom. The third-order valence-electron chi connectivity index (χ3n) is 5.90. The highest BCUT2D eigenvalue weighted by Crippen LogP contribution is 2.28. The number of nitrogens with two attached hydrogens (primary N) is 1. The van der Waals surface area contributed by atoms with Crippen molar-refractivity contribution in [2.75, 3.05) is 32.7 Å². The van der Waals surface area contributed by atoms with E-state index < -0.39 is 11.9 Å². The molecule has 2 saturated heterocycles. The molecular formula is C20H25N5O4. The van der Waals surface area contributed by atoms with Crippen LogP contribution in [0.2, 0.25) is 0 Å². The third kappa shape index (κ3) is 3.88. The number of carbonyl (C=O) groups excluding carboxylic acids is 4. The molecular weight excluding hydrogens is 374 g/mol. The van der Waals surface area contributed by atoms with Gasteiger partial charge in [0.05, 0.1) is 6.54 Å². The summed E-state index contributed by atoms with van der Waals surface area (Å²) >= 11 is 0. The Hall–Kier alpha value is -2.78. The summed E-state index contributed by atoms with van der Waals surface area (Å²) in [4.78, 5) is 53.7. The molecule has 0 bridgehead atoms. The van der Waals surface area contributed by atoms with Crippen LogP contribution in [0, 0.1) is 0 Å². The molecule has 0 spiro atoms. The molecule has 154 valence electrons. The lowest BCUT2D eigenvalue weighted by atomic mass is 10.0. The highest BCUT2D eigenvalue weighted by Gasteiger charge is 2.39. The van der Waals surface area contributed by atoms with Crippen molar-refractivity contribution in [1.82, 2.24) is 20.0 Å². The van der Waals surface area contributed by atoms with Gasteiger partial charge >= 0.3 is 0 Å². The van der Waals surface area contributed by atoms with Crippen LogP contribution in [0.3, 0.4) is 0 Å². The van der Waals surface area contributed by atoms with E-state index in [1.807, 2.05) is 18.2 Å². The Labute approximate surface area is 168 Å². The van der Waals surface area contributed by atoms with Crippen molar-refractivity contribution in [2.45, 2.75) is 32.0 Å². The topological polar surface area (TPSA) is 116 Å². The van der Waals surface area contributed by atoms with E-state index in [0.29, 0.717) is 38.2 Å². The predicted octanol–water partition coefficient (Wildman–Crippen LogP) is -0.949. The average Bonchev–Trinajstić information content (AvgIpc) is 3.04. The minimum absolute atomic E-state index is 0.0266. The van der Waals surface area contributed by atoms with Gasteiger partial charge in [0.25, 0.3) is 5.91 Å². The Balaban J connectivity index is 1.40. The zero-order valence-corrected chi connectivity index (χ0v) is 16.2. The fourth-order valence-electron chi connectivity index (χ4n) is 4.24. The maximum absolute atomic E-state index is 12.9. The highest BCUT2D eigenvalue weighted by atomic mass is 16.2. The maximum atomic E-state index is 12.9. The molecule has 0 aliphatic carbocycles. The van der Waals surface area contributed by atoms with Gasteiger partial charge < -0.3 is 15.5 Å². The zero-order valence-electron chi connectivity index (χ0n) is 16.2. The molecule has 0 saturated carbocycles. The number of amides is 4. The number of fused-ring (bicyclic) bond motifs is 1. The summed E-state index contributed by atoms with van der Waals surface area (Å²) in [5, 5.41) is 2.32. The lowest BCUT2D eigenvalue weighted by Crippen LogP contribution is -2.52. The second kappa shape index (κ2) is 7.92. The van der Waals surface area contributed by atoms with E-state index >= 15 is 0 Å². The first kappa shape index (κ1) is 19.5. The van der Waals surface area contributed by atoms with Crippen molar-refractivity contribution in [2.24, 2.45) is 5.73 Å². The molecule has 1 atom stereocenters. The normalized spacial score (nSPS) is 22.7. The number of piperidine rings is 1. The van der Waals surface area contributed by atoms with Crippen molar-refractivity contribution in [3.05, 3.63) is 34.9 Å². The smallest absolute Gasteiger partial charge is 0.255 e. The highest BCUT2D eigenvalue weighted by molar-refractivity contribution is 6.05. The molecule has 9 nitrogen and oxygen atoms in total. The lowest BCUT2D eigenvalue weighted by Gasteiger charge is -2.34. The van der Waals surface area contributed by atoms with E-state index in [1.54, 1.807) is 9.80 Å². The number of imide groups is 1. The Morgan fingerprint density at radius 2 is 1.90 bits per heavy atom. The molecule has 1 unspecified atom stereocenters. The van der Waals surface area contributed by atoms with Crippen LogP contribution >= 0.6 is 0 Å². The van der Waals surface area contributed by atoms with Crippen molar-refractivity contribution < 1.29 is 19.2 Å². The molecule has 4 amide bonds. The SMILES string of the molecule is NCC(=O)N1CCN(Cc2ccc3c(c2)C(=O)N(C2CCC(=O)NC2=O)C3)CC1. The molecule has 3 aliphatic rings. The summed E-state index contributed by atoms with van der Waals surface area (Å²) in [5.41, 5.74) is 7.99. The third-order valence-corrected chi connectivity index (χ3v) is 5.90. The summed E-state index contributed by atoms with van der Waals surface area (Å²) in [6.07, 6.45) is 0.615. The van der Waals surface area contributed by atoms with Crippen LogP contribution in [0.4, 0.5) is 0 Å². The monoisotopic (exact) mass is 399 g/mol. The van der Waals surface area contributed by atoms with Crippen molar-refractivity contribution >= 4 is 23.6 Å². The first-order chi connectivity index (χ1) is 14.0. The Kier molecular flexibility index (Phi) is 5.33. The van der Waals surface area contributed by atoms with Crippen LogP contribution in [-0.2, 0) is 27.5 Å². The molecule has 0 radical (unpaired) electrons. The molecule has 3 N–H and O–H groups in total. The van der Waals surface area contributed by atoms with Gasteiger partial charge in [0.2, 0.25) is 17.7 Å². The van der Waals surface area contributed by atoms with Crippen LogP contribution in [-0.4, -0.2) is 77.1 Å². The fourth-order valence-corrected chi connectivity index (χ4v) is 4.24. The van der Waals surface area contributed by atoms with E-state index in [2.05, 4.69) is 10.2 Å². The molecule has 3 heterocycles. The number of hydrogen-bond acceptors (Lipinski definition) is 6. The number of nitrogens with zero attached hydrogens (tertiary/aromatic N) is 3.